The molecule has 4 heteroatoms. The first-order valence-electron chi connectivity index (χ1n) is 5.31. The van der Waals surface area contributed by atoms with E-state index in [-0.39, 0.29) is 12.5 Å². The second kappa shape index (κ2) is 6.79. The fourth-order valence-corrected chi connectivity index (χ4v) is 1.62. The van der Waals surface area contributed by atoms with E-state index < -0.39 is 0 Å². The fraction of sp³-hybridized carbons (Fsp3) is 0.900. The van der Waals surface area contributed by atoms with Crippen molar-refractivity contribution in [2.24, 2.45) is 0 Å². The van der Waals surface area contributed by atoms with E-state index in [1.54, 1.807) is 0 Å². The van der Waals surface area contributed by atoms with E-state index in [0.29, 0.717) is 19.6 Å². The highest BCUT2D eigenvalue weighted by Gasteiger charge is 2.16. The Morgan fingerprint density at radius 1 is 1.36 bits per heavy atom. The van der Waals surface area contributed by atoms with Gasteiger partial charge in [-0.2, -0.15) is 0 Å². The topological polar surface area (TPSA) is 49.8 Å². The quantitative estimate of drug-likeness (QED) is 0.633. The molecule has 1 fully saturated rings. The number of ether oxygens (including phenoxy) is 1. The minimum atomic E-state index is 0.0721. The van der Waals surface area contributed by atoms with Gasteiger partial charge in [0.05, 0.1) is 13.2 Å². The van der Waals surface area contributed by atoms with E-state index in [9.17, 15) is 4.79 Å². The molecule has 0 unspecified atom stereocenters. The minimum absolute atomic E-state index is 0.0721. The van der Waals surface area contributed by atoms with E-state index in [2.05, 4.69) is 0 Å². The van der Waals surface area contributed by atoms with E-state index in [1.165, 1.54) is 0 Å². The highest BCUT2D eigenvalue weighted by atomic mass is 16.5. The lowest BCUT2D eigenvalue weighted by atomic mass is 10.1. The van der Waals surface area contributed by atoms with Crippen LogP contribution in [0, 0.1) is 0 Å². The summed E-state index contributed by atoms with van der Waals surface area (Å²) < 4.78 is 5.12. The maximum atomic E-state index is 11.4. The molecule has 0 atom stereocenters. The Kier molecular flexibility index (Phi) is 5.56. The van der Waals surface area contributed by atoms with Gasteiger partial charge in [0.15, 0.2) is 0 Å². The van der Waals surface area contributed by atoms with Gasteiger partial charge < -0.3 is 14.7 Å². The molecule has 0 aromatic carbocycles. The molecule has 82 valence electrons. The van der Waals surface area contributed by atoms with Gasteiger partial charge in [-0.15, -0.1) is 0 Å². The molecular formula is C10H19NO3. The number of carbonyl (C=O) groups excluding carboxylic acids is 1. The molecule has 1 aliphatic rings. The number of rotatable bonds is 6. The smallest absolute Gasteiger partial charge is 0.222 e. The predicted molar refractivity (Wildman–Crippen MR) is 53.0 cm³/mol. The van der Waals surface area contributed by atoms with Crippen LogP contribution in [-0.4, -0.2) is 48.8 Å². The number of likely N-dealkylation sites (tertiary alicyclic amines) is 1. The standard InChI is InChI=1S/C10H19NO3/c12-7-9-14-8-3-6-11-5-2-1-4-10(11)13/h12H,1-9H2. The van der Waals surface area contributed by atoms with Crippen LogP contribution < -0.4 is 0 Å². The van der Waals surface area contributed by atoms with Gasteiger partial charge in [-0.05, 0) is 19.3 Å². The molecule has 0 spiro atoms. The van der Waals surface area contributed by atoms with Crippen LogP contribution in [0.3, 0.4) is 0 Å². The third kappa shape index (κ3) is 4.07. The first-order valence-corrected chi connectivity index (χ1v) is 5.31. The number of piperidine rings is 1. The third-order valence-corrected chi connectivity index (χ3v) is 2.37. The molecule has 0 radical (unpaired) electrons. The van der Waals surface area contributed by atoms with Crippen molar-refractivity contribution in [3.05, 3.63) is 0 Å². The summed E-state index contributed by atoms with van der Waals surface area (Å²) in [4.78, 5) is 13.3. The Morgan fingerprint density at radius 2 is 2.21 bits per heavy atom. The van der Waals surface area contributed by atoms with Gasteiger partial charge in [0.2, 0.25) is 5.91 Å². The van der Waals surface area contributed by atoms with Crippen LogP contribution in [0.15, 0.2) is 0 Å². The highest BCUT2D eigenvalue weighted by molar-refractivity contribution is 5.76. The number of hydrogen-bond donors (Lipinski definition) is 1. The molecule has 1 heterocycles. The van der Waals surface area contributed by atoms with Gasteiger partial charge >= 0.3 is 0 Å². The molecule has 0 aromatic rings. The lowest BCUT2D eigenvalue weighted by molar-refractivity contribution is -0.133. The zero-order valence-corrected chi connectivity index (χ0v) is 8.57. The van der Waals surface area contributed by atoms with Crippen LogP contribution >= 0.6 is 0 Å². The normalized spacial score (nSPS) is 17.5. The first-order chi connectivity index (χ1) is 6.84. The van der Waals surface area contributed by atoms with Gasteiger partial charge in [-0.1, -0.05) is 0 Å². The van der Waals surface area contributed by atoms with E-state index in [1.807, 2.05) is 4.90 Å². The van der Waals surface area contributed by atoms with Crippen molar-refractivity contribution in [2.75, 3.05) is 32.9 Å². The Bertz CT molecular complexity index is 173. The third-order valence-electron chi connectivity index (χ3n) is 2.37. The van der Waals surface area contributed by atoms with Crippen molar-refractivity contribution >= 4 is 5.91 Å². The molecule has 0 aliphatic carbocycles. The number of nitrogens with zero attached hydrogens (tertiary/aromatic N) is 1. The largest absolute Gasteiger partial charge is 0.394 e. The van der Waals surface area contributed by atoms with Crippen molar-refractivity contribution in [3.63, 3.8) is 0 Å². The van der Waals surface area contributed by atoms with Gasteiger partial charge in [-0.3, -0.25) is 4.79 Å². The summed E-state index contributed by atoms with van der Waals surface area (Å²) >= 11 is 0. The van der Waals surface area contributed by atoms with Crippen molar-refractivity contribution in [2.45, 2.75) is 25.7 Å². The van der Waals surface area contributed by atoms with Gasteiger partial charge in [-0.25, -0.2) is 0 Å². The summed E-state index contributed by atoms with van der Waals surface area (Å²) in [5.41, 5.74) is 0. The number of aliphatic hydroxyl groups excluding tert-OH is 1. The molecular weight excluding hydrogens is 182 g/mol. The van der Waals surface area contributed by atoms with Crippen LogP contribution in [0.1, 0.15) is 25.7 Å². The second-order valence-corrected chi connectivity index (χ2v) is 3.53. The maximum absolute atomic E-state index is 11.4. The molecule has 1 aliphatic heterocycles. The Morgan fingerprint density at radius 3 is 2.93 bits per heavy atom. The van der Waals surface area contributed by atoms with E-state index >= 15 is 0 Å². The number of aliphatic hydroxyl groups is 1. The van der Waals surface area contributed by atoms with Crippen molar-refractivity contribution in [1.82, 2.24) is 4.90 Å². The fourth-order valence-electron chi connectivity index (χ4n) is 1.62. The summed E-state index contributed by atoms with van der Waals surface area (Å²) in [5, 5.41) is 8.47. The summed E-state index contributed by atoms with van der Waals surface area (Å²) in [6.45, 7) is 2.80. The van der Waals surface area contributed by atoms with Gasteiger partial charge in [0, 0.05) is 26.1 Å². The molecule has 1 rings (SSSR count). The molecule has 0 aromatic heterocycles. The van der Waals surface area contributed by atoms with Crippen molar-refractivity contribution in [1.29, 1.82) is 0 Å². The van der Waals surface area contributed by atoms with Crippen LogP contribution in [0.5, 0.6) is 0 Å². The number of amides is 1. The summed E-state index contributed by atoms with van der Waals surface area (Å²) in [7, 11) is 0. The van der Waals surface area contributed by atoms with E-state index in [0.717, 1.165) is 32.4 Å². The molecule has 0 saturated carbocycles. The molecule has 1 amide bonds. The van der Waals surface area contributed by atoms with Crippen LogP contribution in [0.2, 0.25) is 0 Å². The first kappa shape index (κ1) is 11.5. The van der Waals surface area contributed by atoms with Gasteiger partial charge in [0.1, 0.15) is 0 Å². The van der Waals surface area contributed by atoms with Gasteiger partial charge in [0.25, 0.3) is 0 Å². The van der Waals surface area contributed by atoms with Crippen molar-refractivity contribution in [3.8, 4) is 0 Å². The monoisotopic (exact) mass is 201 g/mol. The number of hydrogen-bond acceptors (Lipinski definition) is 3. The molecule has 1 saturated heterocycles. The summed E-state index contributed by atoms with van der Waals surface area (Å²) in [6.07, 6.45) is 3.74. The SMILES string of the molecule is O=C1CCCCN1CCCOCCO. The van der Waals surface area contributed by atoms with E-state index in [4.69, 9.17) is 9.84 Å². The van der Waals surface area contributed by atoms with Crippen molar-refractivity contribution < 1.29 is 14.6 Å². The molecule has 1 N–H and O–H groups in total. The van der Waals surface area contributed by atoms with Crippen LogP contribution in [0.25, 0.3) is 0 Å². The zero-order chi connectivity index (χ0) is 10.2. The maximum Gasteiger partial charge on any atom is 0.222 e. The average Bonchev–Trinajstić information content (AvgIpc) is 2.20. The summed E-state index contributed by atoms with van der Waals surface area (Å²) in [5.74, 6) is 0.276. The Hall–Kier alpha value is -0.610. The summed E-state index contributed by atoms with van der Waals surface area (Å²) in [6, 6.07) is 0. The highest BCUT2D eigenvalue weighted by Crippen LogP contribution is 2.10. The Balaban J connectivity index is 2.02. The lowest BCUT2D eigenvalue weighted by Crippen LogP contribution is -2.36. The van der Waals surface area contributed by atoms with Crippen LogP contribution in [0.4, 0.5) is 0 Å². The Labute approximate surface area is 84.8 Å². The van der Waals surface area contributed by atoms with Crippen LogP contribution in [-0.2, 0) is 9.53 Å². The minimum Gasteiger partial charge on any atom is -0.394 e. The number of carbonyl (C=O) groups is 1. The average molecular weight is 201 g/mol. The zero-order valence-electron chi connectivity index (χ0n) is 8.57. The molecule has 0 bridgehead atoms. The molecule has 14 heavy (non-hydrogen) atoms. The molecule has 4 nitrogen and oxygen atoms in total. The predicted octanol–water partition coefficient (Wildman–Crippen LogP) is 0.398. The lowest BCUT2D eigenvalue weighted by Gasteiger charge is -2.26. The second-order valence-electron chi connectivity index (χ2n) is 3.53.